The van der Waals surface area contributed by atoms with E-state index in [2.05, 4.69) is 36.8 Å². The van der Waals surface area contributed by atoms with Crippen molar-refractivity contribution in [3.05, 3.63) is 16.9 Å². The summed E-state index contributed by atoms with van der Waals surface area (Å²) in [4.78, 5) is 2.64. The summed E-state index contributed by atoms with van der Waals surface area (Å²) in [5.41, 5.74) is 0. The molecule has 0 bridgehead atoms. The number of rotatable bonds is 2. The van der Waals surface area contributed by atoms with E-state index >= 15 is 0 Å². The van der Waals surface area contributed by atoms with E-state index in [1.807, 2.05) is 6.20 Å². The molecule has 2 fully saturated rings. The van der Waals surface area contributed by atoms with E-state index < -0.39 is 0 Å². The maximum atomic E-state index is 4.36. The van der Waals surface area contributed by atoms with E-state index in [0.717, 1.165) is 10.5 Å². The molecule has 1 aromatic rings. The Labute approximate surface area is 105 Å². The van der Waals surface area contributed by atoms with E-state index in [-0.39, 0.29) is 0 Å². The van der Waals surface area contributed by atoms with Gasteiger partial charge in [0, 0.05) is 25.3 Å². The third kappa shape index (κ3) is 2.05. The van der Waals surface area contributed by atoms with Gasteiger partial charge in [-0.15, -0.1) is 0 Å². The predicted molar refractivity (Wildman–Crippen MR) is 67.4 cm³/mol. The molecule has 2 heterocycles. The molecule has 0 unspecified atom stereocenters. The summed E-state index contributed by atoms with van der Waals surface area (Å²) >= 11 is 3.45. The van der Waals surface area contributed by atoms with Crippen LogP contribution in [0.2, 0.25) is 0 Å². The Kier molecular flexibility index (Phi) is 3.03. The van der Waals surface area contributed by atoms with Gasteiger partial charge >= 0.3 is 0 Å². The maximum Gasteiger partial charge on any atom is 0.0773 e. The Bertz CT molecular complexity index is 351. The third-order valence-electron chi connectivity index (χ3n) is 3.93. The van der Waals surface area contributed by atoms with Gasteiger partial charge in [0.25, 0.3) is 0 Å². The zero-order valence-electron chi connectivity index (χ0n) is 9.48. The van der Waals surface area contributed by atoms with Crippen molar-refractivity contribution in [1.82, 2.24) is 14.7 Å². The number of hydrogen-bond acceptors (Lipinski definition) is 2. The van der Waals surface area contributed by atoms with E-state index in [4.69, 9.17) is 0 Å². The van der Waals surface area contributed by atoms with Crippen LogP contribution in [0.4, 0.5) is 0 Å². The van der Waals surface area contributed by atoms with Gasteiger partial charge in [0.15, 0.2) is 0 Å². The lowest BCUT2D eigenvalue weighted by Crippen LogP contribution is -2.53. The third-order valence-corrected chi connectivity index (χ3v) is 4.34. The summed E-state index contributed by atoms with van der Waals surface area (Å²) in [7, 11) is 0. The van der Waals surface area contributed by atoms with Crippen molar-refractivity contribution in [2.45, 2.75) is 44.2 Å². The first-order valence-electron chi connectivity index (χ1n) is 6.26. The van der Waals surface area contributed by atoms with Crippen LogP contribution in [0.1, 0.15) is 38.1 Å². The highest BCUT2D eigenvalue weighted by molar-refractivity contribution is 9.10. The normalized spacial score (nSPS) is 24.6. The molecule has 0 aromatic carbocycles. The van der Waals surface area contributed by atoms with Crippen LogP contribution in [0, 0.1) is 0 Å². The number of likely N-dealkylation sites (tertiary alicyclic amines) is 1. The average Bonchev–Trinajstić information content (AvgIpc) is 2.64. The molecule has 0 radical (unpaired) electrons. The number of aromatic nitrogens is 2. The minimum Gasteiger partial charge on any atom is -0.296 e. The fourth-order valence-electron chi connectivity index (χ4n) is 2.91. The van der Waals surface area contributed by atoms with Crippen molar-refractivity contribution in [2.75, 3.05) is 13.1 Å². The molecule has 1 aliphatic carbocycles. The topological polar surface area (TPSA) is 21.1 Å². The predicted octanol–water partition coefficient (Wildman–Crippen LogP) is 2.84. The molecule has 1 saturated heterocycles. The molecule has 0 N–H and O–H groups in total. The minimum absolute atomic E-state index is 0.605. The zero-order chi connectivity index (χ0) is 11.0. The SMILES string of the molecule is Brc1cnn(C2CN(C3CCCCC3)C2)c1. The fourth-order valence-corrected chi connectivity index (χ4v) is 3.22. The van der Waals surface area contributed by atoms with Crippen molar-refractivity contribution in [1.29, 1.82) is 0 Å². The van der Waals surface area contributed by atoms with Gasteiger partial charge in [0.2, 0.25) is 0 Å². The summed E-state index contributed by atoms with van der Waals surface area (Å²) in [5.74, 6) is 0. The highest BCUT2D eigenvalue weighted by atomic mass is 79.9. The first-order chi connectivity index (χ1) is 7.83. The summed E-state index contributed by atoms with van der Waals surface area (Å²) in [6, 6.07) is 1.47. The molecule has 1 aromatic heterocycles. The molecule has 3 rings (SSSR count). The highest BCUT2D eigenvalue weighted by Gasteiger charge is 2.34. The van der Waals surface area contributed by atoms with Crippen molar-refractivity contribution in [3.63, 3.8) is 0 Å². The number of nitrogens with zero attached hydrogens (tertiary/aromatic N) is 3. The first kappa shape index (κ1) is 10.8. The second kappa shape index (κ2) is 4.49. The molecule has 3 nitrogen and oxygen atoms in total. The van der Waals surface area contributed by atoms with Crippen LogP contribution in [-0.2, 0) is 0 Å². The molecule has 1 aliphatic heterocycles. The second-order valence-electron chi connectivity index (χ2n) is 5.04. The van der Waals surface area contributed by atoms with Crippen molar-refractivity contribution in [2.24, 2.45) is 0 Å². The molecular formula is C12H18BrN3. The zero-order valence-corrected chi connectivity index (χ0v) is 11.1. The Hall–Kier alpha value is -0.350. The molecule has 4 heteroatoms. The van der Waals surface area contributed by atoms with Crippen LogP contribution in [0.3, 0.4) is 0 Å². The second-order valence-corrected chi connectivity index (χ2v) is 5.95. The van der Waals surface area contributed by atoms with Crippen molar-refractivity contribution < 1.29 is 0 Å². The average molecular weight is 284 g/mol. The van der Waals surface area contributed by atoms with Gasteiger partial charge in [-0.2, -0.15) is 5.10 Å². The Morgan fingerprint density at radius 2 is 1.88 bits per heavy atom. The Morgan fingerprint density at radius 1 is 1.12 bits per heavy atom. The van der Waals surface area contributed by atoms with Crippen LogP contribution in [-0.4, -0.2) is 33.8 Å². The summed E-state index contributed by atoms with van der Waals surface area (Å²) < 4.78 is 3.19. The molecular weight excluding hydrogens is 266 g/mol. The van der Waals surface area contributed by atoms with Gasteiger partial charge in [0.05, 0.1) is 16.7 Å². The van der Waals surface area contributed by atoms with Gasteiger partial charge in [-0.25, -0.2) is 0 Å². The molecule has 16 heavy (non-hydrogen) atoms. The molecule has 0 spiro atoms. The van der Waals surface area contributed by atoms with Crippen LogP contribution in [0.5, 0.6) is 0 Å². The van der Waals surface area contributed by atoms with Crippen molar-refractivity contribution >= 4 is 15.9 Å². The molecule has 2 aliphatic rings. The van der Waals surface area contributed by atoms with Gasteiger partial charge < -0.3 is 0 Å². The minimum atomic E-state index is 0.605. The number of hydrogen-bond donors (Lipinski definition) is 0. The standard InChI is InChI=1S/C12H18BrN3/c13-10-6-14-16(7-10)12-8-15(9-12)11-4-2-1-3-5-11/h6-7,11-12H,1-5,8-9H2. The molecule has 0 amide bonds. The summed E-state index contributed by atoms with van der Waals surface area (Å²) in [6.45, 7) is 2.39. The first-order valence-corrected chi connectivity index (χ1v) is 7.06. The lowest BCUT2D eigenvalue weighted by molar-refractivity contribution is 0.0360. The molecule has 1 saturated carbocycles. The summed E-state index contributed by atoms with van der Waals surface area (Å²) in [6.07, 6.45) is 11.1. The van der Waals surface area contributed by atoms with Gasteiger partial charge in [0.1, 0.15) is 0 Å². The highest BCUT2D eigenvalue weighted by Crippen LogP contribution is 2.30. The Morgan fingerprint density at radius 3 is 2.50 bits per heavy atom. The van der Waals surface area contributed by atoms with Gasteiger partial charge in [-0.05, 0) is 28.8 Å². The van der Waals surface area contributed by atoms with Gasteiger partial charge in [-0.3, -0.25) is 9.58 Å². The van der Waals surface area contributed by atoms with E-state index in [1.54, 1.807) is 0 Å². The maximum absolute atomic E-state index is 4.36. The van der Waals surface area contributed by atoms with Crippen LogP contribution >= 0.6 is 15.9 Å². The Balaban J connectivity index is 1.54. The summed E-state index contributed by atoms with van der Waals surface area (Å²) in [5, 5.41) is 4.36. The fraction of sp³-hybridized carbons (Fsp3) is 0.750. The van der Waals surface area contributed by atoms with Crippen LogP contribution in [0.25, 0.3) is 0 Å². The molecule has 0 atom stereocenters. The van der Waals surface area contributed by atoms with Crippen LogP contribution < -0.4 is 0 Å². The smallest absolute Gasteiger partial charge is 0.0773 e. The van der Waals surface area contributed by atoms with E-state index in [0.29, 0.717) is 6.04 Å². The lowest BCUT2D eigenvalue weighted by Gasteiger charge is -2.45. The van der Waals surface area contributed by atoms with Gasteiger partial charge in [-0.1, -0.05) is 19.3 Å². The lowest BCUT2D eigenvalue weighted by atomic mass is 9.91. The van der Waals surface area contributed by atoms with E-state index in [1.165, 1.54) is 45.2 Å². The van der Waals surface area contributed by atoms with Crippen LogP contribution in [0.15, 0.2) is 16.9 Å². The largest absolute Gasteiger partial charge is 0.296 e. The quantitative estimate of drug-likeness (QED) is 0.832. The molecule has 88 valence electrons. The number of halogens is 1. The monoisotopic (exact) mass is 283 g/mol. The van der Waals surface area contributed by atoms with Crippen molar-refractivity contribution in [3.8, 4) is 0 Å². The van der Waals surface area contributed by atoms with E-state index in [9.17, 15) is 0 Å².